The molecule has 1 rings (SSSR count). The monoisotopic (exact) mass is 213 g/mol. The summed E-state index contributed by atoms with van der Waals surface area (Å²) in [4.78, 5) is 1.84. The molecule has 14 heavy (non-hydrogen) atoms. The van der Waals surface area contributed by atoms with Crippen molar-refractivity contribution >= 4 is 11.8 Å². The molecule has 0 amide bonds. The molecule has 0 aromatic heterocycles. The zero-order chi connectivity index (χ0) is 10.6. The van der Waals surface area contributed by atoms with Gasteiger partial charge in [-0.1, -0.05) is 11.8 Å². The van der Waals surface area contributed by atoms with E-state index in [2.05, 4.69) is 16.3 Å². The number of nitrogens with zero attached hydrogens (tertiary/aromatic N) is 2. The number of rotatable bonds is 4. The Morgan fingerprint density at radius 1 is 1.79 bits per heavy atom. The lowest BCUT2D eigenvalue weighted by atomic mass is 10.3. The first kappa shape index (κ1) is 11.4. The molecule has 0 radical (unpaired) electrons. The molecule has 1 atom stereocenters. The van der Waals surface area contributed by atoms with Crippen LogP contribution in [0.1, 0.15) is 13.3 Å². The normalized spacial score (nSPS) is 25.8. The van der Waals surface area contributed by atoms with E-state index in [4.69, 9.17) is 10.4 Å². The third-order valence-corrected chi connectivity index (χ3v) is 3.56. The molecule has 0 aromatic carbocycles. The van der Waals surface area contributed by atoms with E-state index in [1.165, 1.54) is 0 Å². The second-order valence-electron chi connectivity index (χ2n) is 3.36. The van der Waals surface area contributed by atoms with E-state index in [1.807, 2.05) is 19.4 Å². The first-order valence-electron chi connectivity index (χ1n) is 4.46. The van der Waals surface area contributed by atoms with Gasteiger partial charge in [-0.2, -0.15) is 5.26 Å². The smallest absolute Gasteiger partial charge is 0.140 e. The van der Waals surface area contributed by atoms with Crippen molar-refractivity contribution in [3.05, 3.63) is 11.1 Å². The largest absolute Gasteiger partial charge is 0.390 e. The number of aliphatic hydroxyl groups excluding tert-OH is 1. The zero-order valence-corrected chi connectivity index (χ0v) is 9.27. The summed E-state index contributed by atoms with van der Waals surface area (Å²) in [6.07, 6.45) is 0.517. The average molecular weight is 213 g/mol. The summed E-state index contributed by atoms with van der Waals surface area (Å²) in [6, 6.07) is 2.12. The van der Waals surface area contributed by atoms with Crippen LogP contribution in [0.25, 0.3) is 0 Å². The van der Waals surface area contributed by atoms with Crippen molar-refractivity contribution in [3.8, 4) is 6.07 Å². The molecule has 5 heteroatoms. The Bertz CT molecular complexity index is 274. The van der Waals surface area contributed by atoms with Gasteiger partial charge in [-0.3, -0.25) is 4.90 Å². The highest BCUT2D eigenvalue weighted by Gasteiger charge is 2.33. The molecule has 1 aliphatic heterocycles. The number of hydrogen-bond acceptors (Lipinski definition) is 5. The highest BCUT2D eigenvalue weighted by atomic mass is 32.2. The van der Waals surface area contributed by atoms with Crippen molar-refractivity contribution in [2.45, 2.75) is 18.3 Å². The van der Waals surface area contributed by atoms with E-state index in [0.717, 1.165) is 12.2 Å². The van der Waals surface area contributed by atoms with E-state index in [9.17, 15) is 0 Å². The second-order valence-corrected chi connectivity index (χ2v) is 4.62. The average Bonchev–Trinajstić information content (AvgIpc) is 2.58. The quantitative estimate of drug-likeness (QED) is 0.719. The van der Waals surface area contributed by atoms with Crippen molar-refractivity contribution in [1.29, 1.82) is 5.26 Å². The maximum atomic E-state index is 8.94. The fourth-order valence-electron chi connectivity index (χ4n) is 1.24. The van der Waals surface area contributed by atoms with E-state index in [1.54, 1.807) is 11.8 Å². The topological polar surface area (TPSA) is 59.3 Å². The first-order chi connectivity index (χ1) is 6.62. The van der Waals surface area contributed by atoms with Gasteiger partial charge in [0.1, 0.15) is 4.99 Å². The third-order valence-electron chi connectivity index (χ3n) is 2.28. The van der Waals surface area contributed by atoms with Gasteiger partial charge in [0.25, 0.3) is 0 Å². The molecular formula is C9H15N3OS. The Kier molecular flexibility index (Phi) is 3.81. The van der Waals surface area contributed by atoms with Crippen LogP contribution in [0.2, 0.25) is 0 Å². The molecule has 2 N–H and O–H groups in total. The minimum absolute atomic E-state index is 0.0364. The number of nitrogens with one attached hydrogen (secondary N) is 1. The Morgan fingerprint density at radius 3 is 3.00 bits per heavy atom. The highest BCUT2D eigenvalue weighted by molar-refractivity contribution is 8.03. The summed E-state index contributed by atoms with van der Waals surface area (Å²) in [5, 5.41) is 22.6. The molecule has 1 unspecified atom stereocenters. The van der Waals surface area contributed by atoms with Gasteiger partial charge in [0.05, 0.1) is 12.7 Å². The molecule has 1 aliphatic rings. The molecule has 0 saturated heterocycles. The molecule has 0 aliphatic carbocycles. The third kappa shape index (κ3) is 2.41. The Morgan fingerprint density at radius 2 is 2.50 bits per heavy atom. The van der Waals surface area contributed by atoms with Gasteiger partial charge < -0.3 is 10.4 Å². The van der Waals surface area contributed by atoms with Crippen LogP contribution in [0, 0.1) is 11.3 Å². The summed E-state index contributed by atoms with van der Waals surface area (Å²) in [5.41, 5.74) is 0.835. The zero-order valence-electron chi connectivity index (χ0n) is 8.45. The lowest BCUT2D eigenvalue weighted by molar-refractivity contribution is 0.199. The maximum Gasteiger partial charge on any atom is 0.140 e. The fourth-order valence-corrected chi connectivity index (χ4v) is 2.20. The van der Waals surface area contributed by atoms with Crippen LogP contribution in [-0.4, -0.2) is 35.2 Å². The molecule has 78 valence electrons. The minimum Gasteiger partial charge on any atom is -0.390 e. The van der Waals surface area contributed by atoms with Crippen molar-refractivity contribution in [1.82, 2.24) is 10.2 Å². The van der Waals surface area contributed by atoms with Crippen LogP contribution in [-0.2, 0) is 0 Å². The predicted octanol–water partition coefficient (Wildman–Crippen LogP) is 0.676. The summed E-state index contributed by atoms with van der Waals surface area (Å²) in [5.74, 6) is 0. The highest BCUT2D eigenvalue weighted by Crippen LogP contribution is 2.33. The van der Waals surface area contributed by atoms with Crippen LogP contribution >= 0.6 is 11.8 Å². The summed E-state index contributed by atoms with van der Waals surface area (Å²) in [6.45, 7) is 2.79. The lowest BCUT2D eigenvalue weighted by Gasteiger charge is -2.35. The van der Waals surface area contributed by atoms with E-state index >= 15 is 0 Å². The van der Waals surface area contributed by atoms with Crippen molar-refractivity contribution in [3.63, 3.8) is 0 Å². The van der Waals surface area contributed by atoms with Crippen LogP contribution in [0.5, 0.6) is 0 Å². The maximum absolute atomic E-state index is 8.94. The van der Waals surface area contributed by atoms with Crippen LogP contribution in [0.4, 0.5) is 0 Å². The number of aliphatic hydroxyl groups is 1. The Labute approximate surface area is 88.6 Å². The van der Waals surface area contributed by atoms with E-state index in [0.29, 0.717) is 6.42 Å². The van der Waals surface area contributed by atoms with Gasteiger partial charge in [-0.15, -0.1) is 0 Å². The first-order valence-corrected chi connectivity index (χ1v) is 5.34. The van der Waals surface area contributed by atoms with Gasteiger partial charge in [-0.05, 0) is 19.4 Å². The summed E-state index contributed by atoms with van der Waals surface area (Å²) in [7, 11) is 1.96. The van der Waals surface area contributed by atoms with Crippen molar-refractivity contribution in [2.24, 2.45) is 0 Å². The molecule has 0 fully saturated rings. The molecule has 0 aromatic rings. The molecular weight excluding hydrogens is 198 g/mol. The molecule has 1 heterocycles. The van der Waals surface area contributed by atoms with Gasteiger partial charge in [0.2, 0.25) is 0 Å². The van der Waals surface area contributed by atoms with Gasteiger partial charge in [-0.25, -0.2) is 0 Å². The number of nitriles is 1. The Hall–Kier alpha value is -0.700. The van der Waals surface area contributed by atoms with Crippen molar-refractivity contribution in [2.75, 3.05) is 20.2 Å². The number of hydrogen-bond donors (Lipinski definition) is 2. The van der Waals surface area contributed by atoms with Crippen LogP contribution < -0.4 is 5.32 Å². The number of thioether (sulfide) groups is 1. The van der Waals surface area contributed by atoms with E-state index in [-0.39, 0.29) is 11.6 Å². The lowest BCUT2D eigenvalue weighted by Crippen LogP contribution is -2.50. The molecule has 4 nitrogen and oxygen atoms in total. The van der Waals surface area contributed by atoms with Crippen LogP contribution in [0.15, 0.2) is 11.1 Å². The standard InChI is InChI=1S/C9H15N3OS/c1-9(12(2)5-3-4-10)11-8(6-13)7-14-9/h7,11,13H,3,5-6H2,1-2H3. The molecule has 0 bridgehead atoms. The summed E-state index contributed by atoms with van der Waals surface area (Å²) < 4.78 is 0. The van der Waals surface area contributed by atoms with E-state index < -0.39 is 0 Å². The molecule has 0 saturated carbocycles. The fraction of sp³-hybridized carbons (Fsp3) is 0.667. The van der Waals surface area contributed by atoms with Crippen LogP contribution in [0.3, 0.4) is 0 Å². The van der Waals surface area contributed by atoms with Crippen molar-refractivity contribution < 1.29 is 5.11 Å². The SMILES string of the molecule is CN(CCC#N)C1(C)NC(CO)=CS1. The van der Waals surface area contributed by atoms with Gasteiger partial charge in [0.15, 0.2) is 0 Å². The van der Waals surface area contributed by atoms with Gasteiger partial charge in [0, 0.05) is 18.7 Å². The van der Waals surface area contributed by atoms with Gasteiger partial charge >= 0.3 is 0 Å². The second kappa shape index (κ2) is 4.69. The summed E-state index contributed by atoms with van der Waals surface area (Å²) >= 11 is 1.62. The predicted molar refractivity (Wildman–Crippen MR) is 57.2 cm³/mol. The molecule has 0 spiro atoms. The Balaban J connectivity index is 2.49. The minimum atomic E-state index is -0.227.